The van der Waals surface area contributed by atoms with Gasteiger partial charge in [-0.3, -0.25) is 9.59 Å². The molecule has 0 aromatic heterocycles. The largest absolute Gasteiger partial charge is 0.481 e. The van der Waals surface area contributed by atoms with Crippen LogP contribution in [-0.4, -0.2) is 53.2 Å². The molecule has 1 atom stereocenters. The molecule has 0 radical (unpaired) electrons. The average Bonchev–Trinajstić information content (AvgIpc) is 3.11. The number of nitrogens with one attached hydrogen (secondary N) is 1. The number of benzene rings is 2. The molecule has 2 aromatic carbocycles. The van der Waals surface area contributed by atoms with E-state index in [1.54, 1.807) is 18.7 Å². The number of likely N-dealkylation sites (tertiary alicyclic amines) is 1. The highest BCUT2D eigenvalue weighted by molar-refractivity contribution is 5.81. The summed E-state index contributed by atoms with van der Waals surface area (Å²) in [5, 5.41) is 12.1. The smallest absolute Gasteiger partial charge is 0.407 e. The standard InChI is InChI=1S/C26H30N2O5/c1-26(2,14-23(29)28-13-7-8-17(15-28)24(30)31)27-25(32)33-16-22-20-11-5-3-9-18(20)19-10-4-6-12-21(19)22/h3-6,9-12,17,22H,7-8,13-16H2,1-2H3,(H,27,32)(H,30,31). The van der Waals surface area contributed by atoms with E-state index in [4.69, 9.17) is 4.74 Å². The Morgan fingerprint density at radius 1 is 1.06 bits per heavy atom. The molecule has 2 aromatic rings. The molecule has 0 saturated carbocycles. The lowest BCUT2D eigenvalue weighted by molar-refractivity contribution is -0.145. The van der Waals surface area contributed by atoms with E-state index >= 15 is 0 Å². The molecule has 1 aliphatic heterocycles. The van der Waals surface area contributed by atoms with Gasteiger partial charge < -0.3 is 20.1 Å². The van der Waals surface area contributed by atoms with Crippen molar-refractivity contribution in [1.82, 2.24) is 10.2 Å². The van der Waals surface area contributed by atoms with Gasteiger partial charge in [-0.25, -0.2) is 4.79 Å². The molecule has 0 spiro atoms. The molecule has 1 aliphatic carbocycles. The molecule has 1 saturated heterocycles. The lowest BCUT2D eigenvalue weighted by Crippen LogP contribution is -2.50. The van der Waals surface area contributed by atoms with Crippen molar-refractivity contribution in [3.05, 3.63) is 59.7 Å². The van der Waals surface area contributed by atoms with Crippen LogP contribution in [0.4, 0.5) is 4.79 Å². The second-order valence-electron chi connectivity index (χ2n) is 9.53. The van der Waals surface area contributed by atoms with Gasteiger partial charge in [-0.2, -0.15) is 0 Å². The summed E-state index contributed by atoms with van der Waals surface area (Å²) in [5.41, 5.74) is 3.78. The van der Waals surface area contributed by atoms with Gasteiger partial charge in [0, 0.05) is 31.0 Å². The number of carboxylic acids is 1. The molecular weight excluding hydrogens is 420 g/mol. The highest BCUT2D eigenvalue weighted by Crippen LogP contribution is 2.44. The molecule has 0 bridgehead atoms. The number of rotatable bonds is 6. The fraction of sp³-hybridized carbons (Fsp3) is 0.423. The summed E-state index contributed by atoms with van der Waals surface area (Å²) < 4.78 is 5.60. The van der Waals surface area contributed by atoms with Crippen LogP contribution >= 0.6 is 0 Å². The number of piperidine rings is 1. The van der Waals surface area contributed by atoms with Crippen LogP contribution in [0.25, 0.3) is 11.1 Å². The average molecular weight is 451 g/mol. The van der Waals surface area contributed by atoms with Gasteiger partial charge in [-0.1, -0.05) is 48.5 Å². The summed E-state index contributed by atoms with van der Waals surface area (Å²) in [7, 11) is 0. The second-order valence-corrected chi connectivity index (χ2v) is 9.53. The normalized spacial score (nSPS) is 17.8. The Hall–Kier alpha value is -3.35. The lowest BCUT2D eigenvalue weighted by atomic mass is 9.95. The van der Waals surface area contributed by atoms with Crippen LogP contribution in [0.5, 0.6) is 0 Å². The third kappa shape index (κ3) is 5.02. The van der Waals surface area contributed by atoms with Gasteiger partial charge >= 0.3 is 12.1 Å². The van der Waals surface area contributed by atoms with Crippen molar-refractivity contribution in [3.63, 3.8) is 0 Å². The Labute approximate surface area is 193 Å². The summed E-state index contributed by atoms with van der Waals surface area (Å²) in [6.07, 6.45) is 0.754. The number of carbonyl (C=O) groups excluding carboxylic acids is 2. The summed E-state index contributed by atoms with van der Waals surface area (Å²) >= 11 is 0. The minimum Gasteiger partial charge on any atom is -0.481 e. The van der Waals surface area contributed by atoms with Crippen molar-refractivity contribution in [1.29, 1.82) is 0 Å². The summed E-state index contributed by atoms with van der Waals surface area (Å²) in [6.45, 7) is 4.51. The number of hydrogen-bond donors (Lipinski definition) is 2. The minimum atomic E-state index is -0.872. The molecule has 4 rings (SSSR count). The van der Waals surface area contributed by atoms with E-state index in [0.29, 0.717) is 19.4 Å². The molecule has 33 heavy (non-hydrogen) atoms. The van der Waals surface area contributed by atoms with E-state index in [2.05, 4.69) is 29.6 Å². The van der Waals surface area contributed by atoms with Crippen molar-refractivity contribution in [2.24, 2.45) is 5.92 Å². The van der Waals surface area contributed by atoms with E-state index in [9.17, 15) is 19.5 Å². The van der Waals surface area contributed by atoms with Gasteiger partial charge in [0.15, 0.2) is 0 Å². The number of amides is 2. The Balaban J connectivity index is 1.34. The number of carboxylic acid groups (broad SMARTS) is 1. The highest BCUT2D eigenvalue weighted by Gasteiger charge is 2.33. The molecule has 1 fully saturated rings. The van der Waals surface area contributed by atoms with E-state index in [1.807, 2.05) is 24.3 Å². The molecular formula is C26H30N2O5. The number of carbonyl (C=O) groups is 3. The SMILES string of the molecule is CC(C)(CC(=O)N1CCCC(C(=O)O)C1)NC(=O)OCC1c2ccccc2-c2ccccc21. The maximum absolute atomic E-state index is 12.7. The first kappa shape index (κ1) is 22.8. The number of hydrogen-bond acceptors (Lipinski definition) is 4. The molecule has 7 heteroatoms. The van der Waals surface area contributed by atoms with Gasteiger partial charge in [0.1, 0.15) is 6.61 Å². The Bertz CT molecular complexity index is 1020. The summed E-state index contributed by atoms with van der Waals surface area (Å²) in [6, 6.07) is 16.3. The Morgan fingerprint density at radius 2 is 1.67 bits per heavy atom. The minimum absolute atomic E-state index is 0.0332. The quantitative estimate of drug-likeness (QED) is 0.693. The lowest BCUT2D eigenvalue weighted by Gasteiger charge is -2.34. The van der Waals surface area contributed by atoms with Gasteiger partial charge in [-0.05, 0) is 48.9 Å². The summed E-state index contributed by atoms with van der Waals surface area (Å²) in [5.74, 6) is -1.59. The fourth-order valence-electron chi connectivity index (χ4n) is 4.85. The van der Waals surface area contributed by atoms with Gasteiger partial charge in [-0.15, -0.1) is 0 Å². The first-order valence-electron chi connectivity index (χ1n) is 11.4. The molecule has 2 N–H and O–H groups in total. The molecule has 1 unspecified atom stereocenters. The molecule has 174 valence electrons. The van der Waals surface area contributed by atoms with Gasteiger partial charge in [0.2, 0.25) is 5.91 Å². The maximum Gasteiger partial charge on any atom is 0.407 e. The van der Waals surface area contributed by atoms with Crippen LogP contribution in [0, 0.1) is 5.92 Å². The van der Waals surface area contributed by atoms with Crippen molar-refractivity contribution in [2.75, 3.05) is 19.7 Å². The number of fused-ring (bicyclic) bond motifs is 3. The number of aliphatic carboxylic acids is 1. The van der Waals surface area contributed by atoms with Crippen LogP contribution in [0.1, 0.15) is 50.2 Å². The van der Waals surface area contributed by atoms with Crippen molar-refractivity contribution < 1.29 is 24.2 Å². The van der Waals surface area contributed by atoms with Crippen LogP contribution in [0.3, 0.4) is 0 Å². The number of nitrogens with zero attached hydrogens (tertiary/aromatic N) is 1. The highest BCUT2D eigenvalue weighted by atomic mass is 16.5. The zero-order valence-electron chi connectivity index (χ0n) is 19.0. The van der Waals surface area contributed by atoms with E-state index in [0.717, 1.165) is 22.3 Å². The number of alkyl carbamates (subject to hydrolysis) is 1. The van der Waals surface area contributed by atoms with Gasteiger partial charge in [0.25, 0.3) is 0 Å². The molecule has 2 aliphatic rings. The van der Waals surface area contributed by atoms with Crippen LogP contribution in [0.2, 0.25) is 0 Å². The Kier molecular flexibility index (Phi) is 6.40. The number of ether oxygens (including phenoxy) is 1. The van der Waals surface area contributed by atoms with Crippen LogP contribution in [0.15, 0.2) is 48.5 Å². The van der Waals surface area contributed by atoms with Crippen molar-refractivity contribution in [3.8, 4) is 11.1 Å². The van der Waals surface area contributed by atoms with Gasteiger partial charge in [0.05, 0.1) is 5.92 Å². The van der Waals surface area contributed by atoms with E-state index < -0.39 is 23.5 Å². The third-order valence-corrected chi connectivity index (χ3v) is 6.50. The first-order valence-corrected chi connectivity index (χ1v) is 11.4. The zero-order chi connectivity index (χ0) is 23.6. The monoisotopic (exact) mass is 450 g/mol. The predicted molar refractivity (Wildman–Crippen MR) is 124 cm³/mol. The van der Waals surface area contributed by atoms with E-state index in [-0.39, 0.29) is 31.4 Å². The van der Waals surface area contributed by atoms with E-state index in [1.165, 1.54) is 0 Å². The summed E-state index contributed by atoms with van der Waals surface area (Å²) in [4.78, 5) is 38.2. The molecule has 2 amide bonds. The van der Waals surface area contributed by atoms with Crippen molar-refractivity contribution >= 4 is 18.0 Å². The second kappa shape index (κ2) is 9.25. The maximum atomic E-state index is 12.7. The van der Waals surface area contributed by atoms with Crippen LogP contribution < -0.4 is 5.32 Å². The molecule has 1 heterocycles. The third-order valence-electron chi connectivity index (χ3n) is 6.50. The Morgan fingerprint density at radius 3 is 2.27 bits per heavy atom. The fourth-order valence-corrected chi connectivity index (χ4v) is 4.85. The first-order chi connectivity index (χ1) is 15.7. The zero-order valence-corrected chi connectivity index (χ0v) is 19.0. The topological polar surface area (TPSA) is 95.9 Å². The van der Waals surface area contributed by atoms with Crippen LogP contribution in [-0.2, 0) is 14.3 Å². The molecule has 7 nitrogen and oxygen atoms in total. The predicted octanol–water partition coefficient (Wildman–Crippen LogP) is 4.02. The van der Waals surface area contributed by atoms with Crippen molar-refractivity contribution in [2.45, 2.75) is 44.6 Å².